The Bertz CT molecular complexity index is 1180. The first-order valence-electron chi connectivity index (χ1n) is 11.4. The Morgan fingerprint density at radius 2 is 1.97 bits per heavy atom. The highest BCUT2D eigenvalue weighted by Crippen LogP contribution is 2.33. The van der Waals surface area contributed by atoms with Crippen LogP contribution in [0.2, 0.25) is 0 Å². The van der Waals surface area contributed by atoms with Gasteiger partial charge in [-0.1, -0.05) is 18.2 Å². The predicted molar refractivity (Wildman–Crippen MR) is 133 cm³/mol. The molecule has 2 aromatic heterocycles. The summed E-state index contributed by atoms with van der Waals surface area (Å²) < 4.78 is 0. The molecule has 32 heavy (non-hydrogen) atoms. The normalized spacial score (nSPS) is 15.8. The Morgan fingerprint density at radius 1 is 1.16 bits per heavy atom. The minimum atomic E-state index is -0.0343. The number of carbonyl (C=O) groups excluding carboxylic acids is 1. The molecule has 3 heterocycles. The van der Waals surface area contributed by atoms with Crippen molar-refractivity contribution in [3.8, 4) is 0 Å². The number of nitrogens with zero attached hydrogens (tertiary/aromatic N) is 2. The molecule has 0 atom stereocenters. The predicted octanol–water partition coefficient (Wildman–Crippen LogP) is 4.01. The van der Waals surface area contributed by atoms with Gasteiger partial charge >= 0.3 is 0 Å². The van der Waals surface area contributed by atoms with Crippen molar-refractivity contribution >= 4 is 44.9 Å². The molecule has 1 saturated heterocycles. The number of carbonyl (C=O) groups is 1. The van der Waals surface area contributed by atoms with Crippen LogP contribution in [0.5, 0.6) is 0 Å². The molecule has 0 bridgehead atoms. The molecule has 1 aromatic carbocycles. The van der Waals surface area contributed by atoms with Crippen molar-refractivity contribution in [2.45, 2.75) is 50.8 Å². The summed E-state index contributed by atoms with van der Waals surface area (Å²) in [5.74, 6) is 1.51. The number of aromatic nitrogens is 2. The summed E-state index contributed by atoms with van der Waals surface area (Å²) in [6.07, 6.45) is 6.84. The van der Waals surface area contributed by atoms with Crippen molar-refractivity contribution in [3.63, 3.8) is 0 Å². The number of aryl methyl sites for hydroxylation is 2. The molecule has 0 radical (unpaired) electrons. The second-order valence-electron chi connectivity index (χ2n) is 8.50. The number of H-pyrrole nitrogens is 1. The van der Waals surface area contributed by atoms with Crippen LogP contribution in [-0.2, 0) is 29.9 Å². The number of rotatable bonds is 7. The molecule has 5 rings (SSSR count). The summed E-state index contributed by atoms with van der Waals surface area (Å²) in [4.78, 5) is 37.3. The van der Waals surface area contributed by atoms with Crippen LogP contribution in [0.15, 0.2) is 29.1 Å². The van der Waals surface area contributed by atoms with Gasteiger partial charge in [0.05, 0.1) is 16.9 Å². The lowest BCUT2D eigenvalue weighted by molar-refractivity contribution is -0.118. The van der Waals surface area contributed by atoms with E-state index in [0.29, 0.717) is 23.9 Å². The molecule has 0 spiro atoms. The Labute approximate surface area is 195 Å². The molecule has 1 aliphatic heterocycles. The number of hydrogen-bond donors (Lipinski definition) is 2. The monoisotopic (exact) mass is 468 g/mol. The minimum Gasteiger partial charge on any atom is -0.371 e. The zero-order chi connectivity index (χ0) is 21.9. The maximum absolute atomic E-state index is 12.6. The summed E-state index contributed by atoms with van der Waals surface area (Å²) >= 11 is 3.14. The SMILES string of the molecule is O=C(CSCc1nc2sc3c(c2c(=O)[nH]1)CCCC3)NCc1ccccc1N1CCCC1. The van der Waals surface area contributed by atoms with Crippen LogP contribution >= 0.6 is 23.1 Å². The van der Waals surface area contributed by atoms with Crippen molar-refractivity contribution in [1.82, 2.24) is 15.3 Å². The van der Waals surface area contributed by atoms with Crippen LogP contribution in [-0.4, -0.2) is 34.7 Å². The molecule has 3 aromatic rings. The van der Waals surface area contributed by atoms with Crippen molar-refractivity contribution in [1.29, 1.82) is 0 Å². The van der Waals surface area contributed by atoms with E-state index in [2.05, 4.69) is 33.4 Å². The first-order valence-corrected chi connectivity index (χ1v) is 13.4. The van der Waals surface area contributed by atoms with Gasteiger partial charge in [0, 0.05) is 30.2 Å². The fraction of sp³-hybridized carbons (Fsp3) is 0.458. The third-order valence-electron chi connectivity index (χ3n) is 6.26. The van der Waals surface area contributed by atoms with E-state index in [1.165, 1.54) is 47.2 Å². The van der Waals surface area contributed by atoms with Crippen molar-refractivity contribution in [3.05, 3.63) is 56.4 Å². The smallest absolute Gasteiger partial charge is 0.259 e. The Morgan fingerprint density at radius 3 is 2.84 bits per heavy atom. The van der Waals surface area contributed by atoms with Gasteiger partial charge in [0.15, 0.2) is 0 Å². The number of thiophene rings is 1. The van der Waals surface area contributed by atoms with E-state index in [-0.39, 0.29) is 11.5 Å². The van der Waals surface area contributed by atoms with Crippen molar-refractivity contribution in [2.75, 3.05) is 23.7 Å². The molecule has 0 unspecified atom stereocenters. The second-order valence-corrected chi connectivity index (χ2v) is 10.6. The van der Waals surface area contributed by atoms with Crippen LogP contribution in [0, 0.1) is 0 Å². The molecular weight excluding hydrogens is 440 g/mol. The van der Waals surface area contributed by atoms with Crippen LogP contribution in [0.4, 0.5) is 5.69 Å². The largest absolute Gasteiger partial charge is 0.371 e. The van der Waals surface area contributed by atoms with E-state index in [0.717, 1.165) is 48.1 Å². The third-order valence-corrected chi connectivity index (χ3v) is 8.39. The zero-order valence-corrected chi connectivity index (χ0v) is 19.7. The summed E-state index contributed by atoms with van der Waals surface area (Å²) in [6.45, 7) is 2.71. The Hall–Kier alpha value is -2.32. The molecule has 2 aliphatic rings. The highest BCUT2D eigenvalue weighted by Gasteiger charge is 2.20. The van der Waals surface area contributed by atoms with Gasteiger partial charge in [0.1, 0.15) is 10.7 Å². The average molecular weight is 469 g/mol. The molecule has 168 valence electrons. The maximum Gasteiger partial charge on any atom is 0.259 e. The lowest BCUT2D eigenvalue weighted by Gasteiger charge is -2.21. The van der Waals surface area contributed by atoms with E-state index < -0.39 is 0 Å². The number of para-hydroxylation sites is 1. The summed E-state index contributed by atoms with van der Waals surface area (Å²) in [5, 5.41) is 3.83. The lowest BCUT2D eigenvalue weighted by atomic mass is 9.97. The highest BCUT2D eigenvalue weighted by atomic mass is 32.2. The summed E-state index contributed by atoms with van der Waals surface area (Å²) in [7, 11) is 0. The van der Waals surface area contributed by atoms with Gasteiger partial charge in [-0.2, -0.15) is 0 Å². The van der Waals surface area contributed by atoms with Gasteiger partial charge in [0.2, 0.25) is 5.91 Å². The van der Waals surface area contributed by atoms with Gasteiger partial charge in [-0.05, 0) is 55.7 Å². The van der Waals surface area contributed by atoms with Gasteiger partial charge in [0.25, 0.3) is 5.56 Å². The maximum atomic E-state index is 12.6. The number of hydrogen-bond acceptors (Lipinski definition) is 6. The zero-order valence-electron chi connectivity index (χ0n) is 18.1. The Balaban J connectivity index is 1.16. The number of nitrogens with one attached hydrogen (secondary N) is 2. The molecule has 1 fully saturated rings. The molecular formula is C24H28N4O2S2. The molecule has 1 amide bonds. The van der Waals surface area contributed by atoms with E-state index in [4.69, 9.17) is 4.98 Å². The Kier molecular flexibility index (Phi) is 6.50. The van der Waals surface area contributed by atoms with Gasteiger partial charge < -0.3 is 15.2 Å². The minimum absolute atomic E-state index is 0.00115. The first-order chi connectivity index (χ1) is 15.7. The molecule has 6 nitrogen and oxygen atoms in total. The van der Waals surface area contributed by atoms with Crippen LogP contribution in [0.1, 0.15) is 47.5 Å². The fourth-order valence-electron chi connectivity index (χ4n) is 4.69. The number of benzene rings is 1. The van der Waals surface area contributed by atoms with Crippen LogP contribution in [0.25, 0.3) is 10.2 Å². The molecule has 8 heteroatoms. The van der Waals surface area contributed by atoms with Crippen LogP contribution < -0.4 is 15.8 Å². The van der Waals surface area contributed by atoms with Crippen molar-refractivity contribution in [2.24, 2.45) is 0 Å². The van der Waals surface area contributed by atoms with Gasteiger partial charge in [-0.15, -0.1) is 23.1 Å². The number of aromatic amines is 1. The third kappa shape index (κ3) is 4.57. The average Bonchev–Trinajstić information content (AvgIpc) is 3.46. The van der Waals surface area contributed by atoms with E-state index in [9.17, 15) is 9.59 Å². The highest BCUT2D eigenvalue weighted by molar-refractivity contribution is 7.99. The van der Waals surface area contributed by atoms with Crippen LogP contribution in [0.3, 0.4) is 0 Å². The van der Waals surface area contributed by atoms with E-state index >= 15 is 0 Å². The first kappa shape index (κ1) is 21.5. The van der Waals surface area contributed by atoms with E-state index in [1.54, 1.807) is 11.3 Å². The quantitative estimate of drug-likeness (QED) is 0.548. The fourth-order valence-corrected chi connectivity index (χ4v) is 6.69. The summed E-state index contributed by atoms with van der Waals surface area (Å²) in [6, 6.07) is 8.31. The van der Waals surface area contributed by atoms with E-state index in [1.807, 2.05) is 6.07 Å². The number of thioether (sulfide) groups is 1. The molecule has 1 aliphatic carbocycles. The lowest BCUT2D eigenvalue weighted by Crippen LogP contribution is -2.27. The number of fused-ring (bicyclic) bond motifs is 3. The number of anilines is 1. The number of amides is 1. The van der Waals surface area contributed by atoms with Crippen molar-refractivity contribution < 1.29 is 4.79 Å². The van der Waals surface area contributed by atoms with Gasteiger partial charge in [-0.25, -0.2) is 4.98 Å². The molecule has 0 saturated carbocycles. The van der Waals surface area contributed by atoms with Gasteiger partial charge in [-0.3, -0.25) is 9.59 Å². The topological polar surface area (TPSA) is 78.1 Å². The molecule has 2 N–H and O–H groups in total. The summed E-state index contributed by atoms with van der Waals surface area (Å²) in [5.41, 5.74) is 3.56. The standard InChI is InChI=1S/C24H28N4O2S2/c29-21(25-13-16-7-1-3-9-18(16)28-11-5-6-12-28)15-31-14-20-26-23(30)22-17-8-2-4-10-19(17)32-24(22)27-20/h1,3,7,9H,2,4-6,8,10-15H2,(H,25,29)(H,26,27,30). The second kappa shape index (κ2) is 9.67.